The van der Waals surface area contributed by atoms with Crippen molar-refractivity contribution in [2.45, 2.75) is 6.10 Å². The molecule has 1 atom stereocenters. The Hall–Kier alpha value is -0.130. The lowest BCUT2D eigenvalue weighted by Crippen LogP contribution is -1.98. The number of rotatable bonds is 2. The summed E-state index contributed by atoms with van der Waals surface area (Å²) in [6.07, 6.45) is -0.799. The number of aromatic nitrogens is 1. The maximum atomic E-state index is 10.1. The lowest BCUT2D eigenvalue weighted by atomic mass is 10.1. The fourth-order valence-corrected chi connectivity index (χ4v) is 3.09. The molecule has 0 radical (unpaired) electrons. The third-order valence-corrected chi connectivity index (χ3v) is 3.97. The van der Waals surface area contributed by atoms with Crippen molar-refractivity contribution in [2.75, 3.05) is 0 Å². The summed E-state index contributed by atoms with van der Waals surface area (Å²) in [6, 6.07) is 4.97. The smallest absolute Gasteiger partial charge is 0.131 e. The van der Waals surface area contributed by atoms with Crippen molar-refractivity contribution in [1.29, 1.82) is 0 Å². The molecule has 0 bridgehead atoms. The fraction of sp³-hybridized carbons (Fsp3) is 0.100. The molecule has 0 amide bonds. The van der Waals surface area contributed by atoms with Crippen LogP contribution in [0.5, 0.6) is 0 Å². The van der Waals surface area contributed by atoms with Crippen LogP contribution >= 0.6 is 50.5 Å². The van der Waals surface area contributed by atoms with Gasteiger partial charge in [-0.3, -0.25) is 0 Å². The van der Waals surface area contributed by atoms with Gasteiger partial charge in [-0.05, 0) is 39.7 Å². The molecule has 2 nitrogen and oxygen atoms in total. The molecule has 0 fully saturated rings. The van der Waals surface area contributed by atoms with Gasteiger partial charge in [-0.1, -0.05) is 23.2 Å². The second-order valence-electron chi connectivity index (χ2n) is 3.11. The third kappa shape index (κ3) is 2.76. The van der Waals surface area contributed by atoms with Crippen molar-refractivity contribution < 1.29 is 5.11 Å². The number of nitrogens with zero attached hydrogens (tertiary/aromatic N) is 1. The van der Waals surface area contributed by atoms with Gasteiger partial charge >= 0.3 is 0 Å². The molecule has 0 saturated heterocycles. The van der Waals surface area contributed by atoms with Crippen LogP contribution in [0.2, 0.25) is 10.0 Å². The molecule has 1 aromatic carbocycles. The van der Waals surface area contributed by atoms with Crippen molar-refractivity contribution >= 4 is 50.5 Å². The first-order valence-corrected chi connectivity index (χ1v) is 6.74. The Morgan fingerprint density at radius 2 is 1.88 bits per heavy atom. The Kier molecular flexibility index (Phi) is 3.87. The van der Waals surface area contributed by atoms with Gasteiger partial charge in [0.25, 0.3) is 0 Å². The van der Waals surface area contributed by atoms with Gasteiger partial charge in [-0.15, -0.1) is 11.3 Å². The molecule has 0 aliphatic heterocycles. The first kappa shape index (κ1) is 12.3. The molecule has 0 saturated carbocycles. The minimum atomic E-state index is -0.799. The third-order valence-electron chi connectivity index (χ3n) is 1.93. The van der Waals surface area contributed by atoms with Gasteiger partial charge in [0, 0.05) is 15.4 Å². The van der Waals surface area contributed by atoms with E-state index in [0.717, 1.165) is 0 Å². The minimum Gasteiger partial charge on any atom is -0.381 e. The Morgan fingerprint density at radius 1 is 1.25 bits per heavy atom. The fourth-order valence-electron chi connectivity index (χ4n) is 1.27. The van der Waals surface area contributed by atoms with E-state index in [1.165, 1.54) is 11.3 Å². The Morgan fingerprint density at radius 3 is 2.38 bits per heavy atom. The van der Waals surface area contributed by atoms with Crippen molar-refractivity contribution in [2.24, 2.45) is 0 Å². The predicted molar refractivity (Wildman–Crippen MR) is 70.3 cm³/mol. The van der Waals surface area contributed by atoms with Gasteiger partial charge in [0.15, 0.2) is 0 Å². The number of hydrogen-bond acceptors (Lipinski definition) is 3. The van der Waals surface area contributed by atoms with E-state index in [2.05, 4.69) is 20.9 Å². The van der Waals surface area contributed by atoms with E-state index in [9.17, 15) is 5.11 Å². The summed E-state index contributed by atoms with van der Waals surface area (Å²) < 4.78 is 0.708. The highest BCUT2D eigenvalue weighted by molar-refractivity contribution is 9.10. The normalized spacial score (nSPS) is 12.8. The molecule has 1 aromatic heterocycles. The van der Waals surface area contributed by atoms with E-state index in [-0.39, 0.29) is 0 Å². The first-order chi connectivity index (χ1) is 7.56. The summed E-state index contributed by atoms with van der Waals surface area (Å²) >= 11 is 16.3. The van der Waals surface area contributed by atoms with Gasteiger partial charge in [-0.25, -0.2) is 4.98 Å². The number of aliphatic hydroxyl groups excluding tert-OH is 1. The van der Waals surface area contributed by atoms with Crippen molar-refractivity contribution in [1.82, 2.24) is 4.98 Å². The van der Waals surface area contributed by atoms with Crippen LogP contribution in [0.25, 0.3) is 0 Å². The maximum absolute atomic E-state index is 10.1. The van der Waals surface area contributed by atoms with Crippen LogP contribution in [-0.2, 0) is 0 Å². The zero-order valence-electron chi connectivity index (χ0n) is 7.82. The highest BCUT2D eigenvalue weighted by Gasteiger charge is 2.15. The van der Waals surface area contributed by atoms with Gasteiger partial charge in [0.1, 0.15) is 15.7 Å². The molecule has 16 heavy (non-hydrogen) atoms. The van der Waals surface area contributed by atoms with E-state index in [0.29, 0.717) is 25.2 Å². The lowest BCUT2D eigenvalue weighted by molar-refractivity contribution is 0.219. The summed E-state index contributed by atoms with van der Waals surface area (Å²) in [7, 11) is 0. The molecular formula is C10H6BrCl2NOS. The van der Waals surface area contributed by atoms with E-state index >= 15 is 0 Å². The second kappa shape index (κ2) is 5.02. The molecule has 84 valence electrons. The molecule has 0 aliphatic rings. The van der Waals surface area contributed by atoms with Crippen LogP contribution in [0, 0.1) is 0 Å². The monoisotopic (exact) mass is 337 g/mol. The van der Waals surface area contributed by atoms with Gasteiger partial charge in [0.2, 0.25) is 0 Å². The van der Waals surface area contributed by atoms with Gasteiger partial charge < -0.3 is 5.11 Å². The van der Waals surface area contributed by atoms with E-state index in [1.54, 1.807) is 18.2 Å². The average molecular weight is 339 g/mol. The van der Waals surface area contributed by atoms with Crippen molar-refractivity contribution in [3.8, 4) is 0 Å². The predicted octanol–water partition coefficient (Wildman–Crippen LogP) is 4.29. The van der Waals surface area contributed by atoms with Gasteiger partial charge in [-0.2, -0.15) is 0 Å². The second-order valence-corrected chi connectivity index (χ2v) is 5.69. The van der Waals surface area contributed by atoms with E-state index in [4.69, 9.17) is 23.2 Å². The summed E-state index contributed by atoms with van der Waals surface area (Å²) in [5.74, 6) is 0. The zero-order chi connectivity index (χ0) is 11.7. The molecule has 0 aliphatic carbocycles. The summed E-state index contributed by atoms with van der Waals surface area (Å²) in [5.41, 5.74) is 0.638. The molecule has 0 spiro atoms. The van der Waals surface area contributed by atoms with Crippen LogP contribution < -0.4 is 0 Å². The molecule has 2 rings (SSSR count). The minimum absolute atomic E-state index is 0.497. The maximum Gasteiger partial charge on any atom is 0.131 e. The van der Waals surface area contributed by atoms with Crippen LogP contribution in [-0.4, -0.2) is 10.1 Å². The van der Waals surface area contributed by atoms with Gasteiger partial charge in [0.05, 0.1) is 0 Å². The van der Waals surface area contributed by atoms with Crippen LogP contribution in [0.1, 0.15) is 16.7 Å². The molecule has 6 heteroatoms. The van der Waals surface area contributed by atoms with E-state index in [1.807, 2.05) is 5.38 Å². The summed E-state index contributed by atoms with van der Waals surface area (Å²) in [4.78, 5) is 4.15. The Balaban J connectivity index is 2.37. The summed E-state index contributed by atoms with van der Waals surface area (Å²) in [6.45, 7) is 0. The van der Waals surface area contributed by atoms with Crippen LogP contribution in [0.4, 0.5) is 0 Å². The van der Waals surface area contributed by atoms with Crippen LogP contribution in [0.3, 0.4) is 0 Å². The number of thiazole rings is 1. The zero-order valence-corrected chi connectivity index (χ0v) is 11.7. The summed E-state index contributed by atoms with van der Waals surface area (Å²) in [5, 5.41) is 13.5. The first-order valence-electron chi connectivity index (χ1n) is 4.31. The molecular weight excluding hydrogens is 333 g/mol. The highest BCUT2D eigenvalue weighted by Crippen LogP contribution is 2.30. The topological polar surface area (TPSA) is 33.1 Å². The standard InChI is InChI=1S/C10H6BrCl2NOS/c11-8-4-16-10(14-8)9(15)5-1-6(12)3-7(13)2-5/h1-4,9,15H. The number of aliphatic hydroxyl groups is 1. The van der Waals surface area contributed by atoms with Crippen molar-refractivity contribution in [3.63, 3.8) is 0 Å². The molecule has 1 unspecified atom stereocenters. The quantitative estimate of drug-likeness (QED) is 0.885. The highest BCUT2D eigenvalue weighted by atomic mass is 79.9. The largest absolute Gasteiger partial charge is 0.381 e. The SMILES string of the molecule is OC(c1cc(Cl)cc(Cl)c1)c1nc(Br)cs1. The average Bonchev–Trinajstić information content (AvgIpc) is 2.62. The number of halogens is 3. The molecule has 1 N–H and O–H groups in total. The lowest BCUT2D eigenvalue weighted by Gasteiger charge is -2.08. The molecule has 2 aromatic rings. The van der Waals surface area contributed by atoms with Crippen molar-refractivity contribution in [3.05, 3.63) is 48.8 Å². The molecule has 1 heterocycles. The Bertz CT molecular complexity index is 497. The number of hydrogen-bond donors (Lipinski definition) is 1. The van der Waals surface area contributed by atoms with E-state index < -0.39 is 6.10 Å². The number of benzene rings is 1. The Labute approximate surface area is 115 Å². The van der Waals surface area contributed by atoms with Crippen LogP contribution in [0.15, 0.2) is 28.2 Å².